The molecule has 2 N–H and O–H groups in total. The number of aromatic amines is 1. The third kappa shape index (κ3) is 3.76. The Hall–Kier alpha value is -1.97. The van der Waals surface area contributed by atoms with Crippen molar-refractivity contribution in [3.05, 3.63) is 30.5 Å². The van der Waals surface area contributed by atoms with Crippen LogP contribution < -0.4 is 10.1 Å². The predicted molar refractivity (Wildman–Crippen MR) is 80.9 cm³/mol. The standard InChI is InChI=1S/C16H22N2O2/c1-3-4-5-9-18-16(19)12(2)20-14-6-7-15-13(11-14)8-10-17-15/h6-8,10-12,17H,3-5,9H2,1-2H3,(H,18,19). The van der Waals surface area contributed by atoms with E-state index in [1.807, 2.05) is 30.5 Å². The van der Waals surface area contributed by atoms with Crippen LogP contribution in [0.3, 0.4) is 0 Å². The second-order valence-corrected chi connectivity index (χ2v) is 4.98. The average Bonchev–Trinajstić information content (AvgIpc) is 2.90. The molecule has 0 aliphatic heterocycles. The van der Waals surface area contributed by atoms with E-state index < -0.39 is 6.10 Å². The van der Waals surface area contributed by atoms with Crippen LogP contribution in [-0.2, 0) is 4.79 Å². The molecule has 0 bridgehead atoms. The van der Waals surface area contributed by atoms with Crippen molar-refractivity contribution in [1.29, 1.82) is 0 Å². The lowest BCUT2D eigenvalue weighted by Gasteiger charge is -2.14. The summed E-state index contributed by atoms with van der Waals surface area (Å²) in [7, 11) is 0. The molecule has 0 aliphatic rings. The van der Waals surface area contributed by atoms with Crippen LogP contribution in [-0.4, -0.2) is 23.5 Å². The fraction of sp³-hybridized carbons (Fsp3) is 0.438. The Morgan fingerprint density at radius 2 is 2.20 bits per heavy atom. The van der Waals surface area contributed by atoms with Gasteiger partial charge in [-0.05, 0) is 37.6 Å². The van der Waals surface area contributed by atoms with E-state index >= 15 is 0 Å². The number of carbonyl (C=O) groups is 1. The van der Waals surface area contributed by atoms with E-state index in [0.29, 0.717) is 5.75 Å². The average molecular weight is 274 g/mol. The maximum Gasteiger partial charge on any atom is 0.260 e. The minimum absolute atomic E-state index is 0.0599. The largest absolute Gasteiger partial charge is 0.481 e. The van der Waals surface area contributed by atoms with Gasteiger partial charge in [-0.1, -0.05) is 19.8 Å². The second kappa shape index (κ2) is 6.98. The maximum atomic E-state index is 11.9. The maximum absolute atomic E-state index is 11.9. The second-order valence-electron chi connectivity index (χ2n) is 4.98. The summed E-state index contributed by atoms with van der Waals surface area (Å²) in [6.45, 7) is 4.64. The van der Waals surface area contributed by atoms with Gasteiger partial charge in [0.05, 0.1) is 0 Å². The summed E-state index contributed by atoms with van der Waals surface area (Å²) < 4.78 is 5.68. The van der Waals surface area contributed by atoms with Crippen molar-refractivity contribution in [1.82, 2.24) is 10.3 Å². The highest BCUT2D eigenvalue weighted by atomic mass is 16.5. The SMILES string of the molecule is CCCCCNC(=O)C(C)Oc1ccc2[nH]ccc2c1. The van der Waals surface area contributed by atoms with E-state index in [-0.39, 0.29) is 5.91 Å². The van der Waals surface area contributed by atoms with Crippen LogP contribution in [0.2, 0.25) is 0 Å². The highest BCUT2D eigenvalue weighted by Gasteiger charge is 2.14. The number of unbranched alkanes of at least 4 members (excludes halogenated alkanes) is 2. The Kier molecular flexibility index (Phi) is 5.04. The fourth-order valence-corrected chi connectivity index (χ4v) is 2.09. The van der Waals surface area contributed by atoms with Gasteiger partial charge in [0.25, 0.3) is 5.91 Å². The molecule has 0 saturated carbocycles. The van der Waals surface area contributed by atoms with E-state index in [2.05, 4.69) is 17.2 Å². The van der Waals surface area contributed by atoms with E-state index in [1.54, 1.807) is 6.92 Å². The number of fused-ring (bicyclic) bond motifs is 1. The number of benzene rings is 1. The van der Waals surface area contributed by atoms with Crippen molar-refractivity contribution in [3.8, 4) is 5.75 Å². The Morgan fingerprint density at radius 3 is 3.00 bits per heavy atom. The molecule has 1 heterocycles. The van der Waals surface area contributed by atoms with Crippen LogP contribution in [0.25, 0.3) is 10.9 Å². The normalized spacial score (nSPS) is 12.3. The number of aromatic nitrogens is 1. The molecule has 1 aromatic heterocycles. The smallest absolute Gasteiger partial charge is 0.260 e. The van der Waals surface area contributed by atoms with Crippen LogP contribution >= 0.6 is 0 Å². The summed E-state index contributed by atoms with van der Waals surface area (Å²) in [4.78, 5) is 15.0. The zero-order valence-corrected chi connectivity index (χ0v) is 12.1. The lowest BCUT2D eigenvalue weighted by atomic mass is 10.2. The first-order chi connectivity index (χ1) is 9.70. The van der Waals surface area contributed by atoms with Crippen LogP contribution in [0.5, 0.6) is 5.75 Å². The Balaban J connectivity index is 1.86. The van der Waals surface area contributed by atoms with Crippen molar-refractivity contribution in [2.24, 2.45) is 0 Å². The van der Waals surface area contributed by atoms with Crippen LogP contribution in [0.1, 0.15) is 33.1 Å². The number of hydrogen-bond donors (Lipinski definition) is 2. The van der Waals surface area contributed by atoms with E-state index in [1.165, 1.54) is 0 Å². The Labute approximate surface area is 119 Å². The molecule has 1 aromatic carbocycles. The van der Waals surface area contributed by atoms with Gasteiger partial charge in [0.15, 0.2) is 6.10 Å². The molecule has 2 rings (SSSR count). The molecular formula is C16H22N2O2. The topological polar surface area (TPSA) is 54.1 Å². The molecule has 1 unspecified atom stereocenters. The number of hydrogen-bond acceptors (Lipinski definition) is 2. The van der Waals surface area contributed by atoms with Gasteiger partial charge >= 0.3 is 0 Å². The fourth-order valence-electron chi connectivity index (χ4n) is 2.09. The quantitative estimate of drug-likeness (QED) is 0.761. The first kappa shape index (κ1) is 14.4. The molecule has 0 radical (unpaired) electrons. The van der Waals surface area contributed by atoms with Gasteiger partial charge in [-0.25, -0.2) is 0 Å². The number of amides is 1. The molecule has 4 nitrogen and oxygen atoms in total. The molecule has 0 saturated heterocycles. The minimum Gasteiger partial charge on any atom is -0.481 e. The van der Waals surface area contributed by atoms with E-state index in [0.717, 1.165) is 36.7 Å². The molecule has 1 amide bonds. The lowest BCUT2D eigenvalue weighted by molar-refractivity contribution is -0.127. The Bertz CT molecular complexity index is 562. The van der Waals surface area contributed by atoms with Gasteiger partial charge in [-0.3, -0.25) is 4.79 Å². The molecule has 2 aromatic rings. The molecule has 0 fully saturated rings. The van der Waals surface area contributed by atoms with Crippen molar-refractivity contribution in [3.63, 3.8) is 0 Å². The highest BCUT2D eigenvalue weighted by molar-refractivity contribution is 5.82. The first-order valence-corrected chi connectivity index (χ1v) is 7.22. The molecule has 108 valence electrons. The number of carbonyl (C=O) groups excluding carboxylic acids is 1. The van der Waals surface area contributed by atoms with Gasteiger partial charge in [-0.15, -0.1) is 0 Å². The number of nitrogens with one attached hydrogen (secondary N) is 2. The van der Waals surface area contributed by atoms with E-state index in [9.17, 15) is 4.79 Å². The van der Waals surface area contributed by atoms with Gasteiger partial charge in [0, 0.05) is 23.6 Å². The molecular weight excluding hydrogens is 252 g/mol. The Morgan fingerprint density at radius 1 is 1.35 bits per heavy atom. The minimum atomic E-state index is -0.479. The van der Waals surface area contributed by atoms with Crippen LogP contribution in [0.4, 0.5) is 0 Å². The van der Waals surface area contributed by atoms with Gasteiger partial charge in [0.1, 0.15) is 5.75 Å². The van der Waals surface area contributed by atoms with Crippen LogP contribution in [0.15, 0.2) is 30.5 Å². The van der Waals surface area contributed by atoms with Gasteiger partial charge < -0.3 is 15.0 Å². The summed E-state index contributed by atoms with van der Waals surface area (Å²) >= 11 is 0. The third-order valence-corrected chi connectivity index (χ3v) is 3.29. The van der Waals surface area contributed by atoms with Gasteiger partial charge in [0.2, 0.25) is 0 Å². The van der Waals surface area contributed by atoms with Crippen molar-refractivity contribution in [2.75, 3.05) is 6.54 Å². The number of H-pyrrole nitrogens is 1. The first-order valence-electron chi connectivity index (χ1n) is 7.22. The predicted octanol–water partition coefficient (Wildman–Crippen LogP) is 3.24. The molecule has 1 atom stereocenters. The summed E-state index contributed by atoms with van der Waals surface area (Å²) in [5.74, 6) is 0.656. The van der Waals surface area contributed by atoms with Gasteiger partial charge in [-0.2, -0.15) is 0 Å². The third-order valence-electron chi connectivity index (χ3n) is 3.29. The van der Waals surface area contributed by atoms with Crippen LogP contribution in [0, 0.1) is 0 Å². The van der Waals surface area contributed by atoms with Crippen molar-refractivity contribution >= 4 is 16.8 Å². The highest BCUT2D eigenvalue weighted by Crippen LogP contribution is 2.20. The summed E-state index contributed by atoms with van der Waals surface area (Å²) in [5, 5.41) is 3.98. The van der Waals surface area contributed by atoms with Crippen molar-refractivity contribution < 1.29 is 9.53 Å². The summed E-state index contributed by atoms with van der Waals surface area (Å²) in [6.07, 6.45) is 4.72. The molecule has 0 aliphatic carbocycles. The summed E-state index contributed by atoms with van der Waals surface area (Å²) in [5.41, 5.74) is 1.06. The zero-order valence-electron chi connectivity index (χ0n) is 12.1. The van der Waals surface area contributed by atoms with E-state index in [4.69, 9.17) is 4.74 Å². The van der Waals surface area contributed by atoms with Crippen molar-refractivity contribution in [2.45, 2.75) is 39.2 Å². The lowest BCUT2D eigenvalue weighted by Crippen LogP contribution is -2.36. The monoisotopic (exact) mass is 274 g/mol. The molecule has 20 heavy (non-hydrogen) atoms. The summed E-state index contributed by atoms with van der Waals surface area (Å²) in [6, 6.07) is 7.75. The zero-order chi connectivity index (χ0) is 14.4. The number of ether oxygens (including phenoxy) is 1. The molecule has 4 heteroatoms. The molecule has 0 spiro atoms. The number of rotatable bonds is 7.